The number of hydrogen-bond donors (Lipinski definition) is 1. The molecule has 3 rings (SSSR count). The van der Waals surface area contributed by atoms with Gasteiger partial charge in [0.2, 0.25) is 0 Å². The Hall–Kier alpha value is -1.85. The zero-order chi connectivity index (χ0) is 14.8. The van der Waals surface area contributed by atoms with Gasteiger partial charge in [-0.25, -0.2) is 4.98 Å². The lowest BCUT2D eigenvalue weighted by Crippen LogP contribution is -2.10. The molecule has 0 aliphatic rings. The highest BCUT2D eigenvalue weighted by Crippen LogP contribution is 2.30. The lowest BCUT2D eigenvalue weighted by atomic mass is 10.1. The summed E-state index contributed by atoms with van der Waals surface area (Å²) in [7, 11) is 4.05. The lowest BCUT2D eigenvalue weighted by Gasteiger charge is -2.17. The minimum Gasteiger partial charge on any atom is -0.380 e. The topological polar surface area (TPSA) is 41.0 Å². The Morgan fingerprint density at radius 3 is 2.81 bits per heavy atom. The maximum absolute atomic E-state index is 5.86. The van der Waals surface area contributed by atoms with E-state index in [1.807, 2.05) is 26.4 Å². The molecular weight excluding hydrogens is 304 g/mol. The Morgan fingerprint density at radius 1 is 1.24 bits per heavy atom. The third kappa shape index (κ3) is 2.94. The molecule has 108 valence electrons. The first kappa shape index (κ1) is 14.1. The van der Waals surface area contributed by atoms with Crippen molar-refractivity contribution in [1.82, 2.24) is 9.97 Å². The standard InChI is InChI=1S/C15H15ClN4S/c1-20(2)13-6-5-12(11-4-3-7-17-14(11)13)18-8-10-9-19-15(16)21-10/h3-7,9,18H,8H2,1-2H3. The van der Waals surface area contributed by atoms with E-state index in [1.54, 1.807) is 6.20 Å². The van der Waals surface area contributed by atoms with Gasteiger partial charge in [-0.2, -0.15) is 0 Å². The molecule has 0 aliphatic carbocycles. The van der Waals surface area contributed by atoms with Crippen molar-refractivity contribution in [3.8, 4) is 0 Å². The van der Waals surface area contributed by atoms with Gasteiger partial charge >= 0.3 is 0 Å². The number of hydrogen-bond acceptors (Lipinski definition) is 5. The van der Waals surface area contributed by atoms with Crippen molar-refractivity contribution in [2.24, 2.45) is 0 Å². The molecular formula is C15H15ClN4S. The van der Waals surface area contributed by atoms with Gasteiger partial charge in [0.15, 0.2) is 4.47 Å². The van der Waals surface area contributed by atoms with Crippen LogP contribution in [0.1, 0.15) is 4.88 Å². The maximum atomic E-state index is 5.86. The van der Waals surface area contributed by atoms with Crippen LogP contribution in [-0.2, 0) is 6.54 Å². The van der Waals surface area contributed by atoms with Gasteiger partial charge in [0.05, 0.1) is 17.7 Å². The van der Waals surface area contributed by atoms with E-state index in [1.165, 1.54) is 11.3 Å². The first-order valence-corrected chi connectivity index (χ1v) is 7.74. The lowest BCUT2D eigenvalue weighted by molar-refractivity contribution is 1.13. The average molecular weight is 319 g/mol. The number of aromatic nitrogens is 2. The van der Waals surface area contributed by atoms with Crippen molar-refractivity contribution in [3.63, 3.8) is 0 Å². The molecule has 0 aliphatic heterocycles. The summed E-state index contributed by atoms with van der Waals surface area (Å²) in [5.74, 6) is 0. The maximum Gasteiger partial charge on any atom is 0.183 e. The van der Waals surface area contributed by atoms with Crippen molar-refractivity contribution in [2.45, 2.75) is 6.54 Å². The summed E-state index contributed by atoms with van der Waals surface area (Å²) in [6.45, 7) is 0.704. The van der Waals surface area contributed by atoms with E-state index in [0.717, 1.165) is 27.2 Å². The highest BCUT2D eigenvalue weighted by Gasteiger charge is 2.08. The van der Waals surface area contributed by atoms with Crippen LogP contribution in [0.4, 0.5) is 11.4 Å². The van der Waals surface area contributed by atoms with E-state index < -0.39 is 0 Å². The fourth-order valence-electron chi connectivity index (χ4n) is 2.22. The second-order valence-electron chi connectivity index (χ2n) is 4.86. The summed E-state index contributed by atoms with van der Waals surface area (Å²) in [6, 6.07) is 8.20. The summed E-state index contributed by atoms with van der Waals surface area (Å²) in [5.41, 5.74) is 3.17. The summed E-state index contributed by atoms with van der Waals surface area (Å²) < 4.78 is 0.571. The molecule has 1 N–H and O–H groups in total. The number of halogens is 1. The summed E-state index contributed by atoms with van der Waals surface area (Å²) in [4.78, 5) is 11.7. The van der Waals surface area contributed by atoms with E-state index in [2.05, 4.69) is 38.4 Å². The number of anilines is 2. The third-order valence-corrected chi connectivity index (χ3v) is 4.32. The largest absolute Gasteiger partial charge is 0.380 e. The molecule has 2 aromatic heterocycles. The Kier molecular flexibility index (Phi) is 3.94. The van der Waals surface area contributed by atoms with Gasteiger partial charge in [0.1, 0.15) is 0 Å². The number of fused-ring (bicyclic) bond motifs is 1. The van der Waals surface area contributed by atoms with E-state index in [-0.39, 0.29) is 0 Å². The van der Waals surface area contributed by atoms with Gasteiger partial charge in [-0.15, -0.1) is 11.3 Å². The summed E-state index contributed by atoms with van der Waals surface area (Å²) >= 11 is 7.35. The second-order valence-corrected chi connectivity index (χ2v) is 6.56. The molecule has 0 atom stereocenters. The van der Waals surface area contributed by atoms with Crippen LogP contribution >= 0.6 is 22.9 Å². The highest BCUT2D eigenvalue weighted by atomic mass is 35.5. The molecule has 3 aromatic rings. The van der Waals surface area contributed by atoms with Gasteiger partial charge < -0.3 is 10.2 Å². The van der Waals surface area contributed by atoms with Crippen LogP contribution in [-0.4, -0.2) is 24.1 Å². The quantitative estimate of drug-likeness (QED) is 0.788. The molecule has 0 unspecified atom stereocenters. The number of nitrogens with one attached hydrogen (secondary N) is 1. The fourth-order valence-corrected chi connectivity index (χ4v) is 3.14. The summed E-state index contributed by atoms with van der Waals surface area (Å²) in [6.07, 6.45) is 3.62. The zero-order valence-corrected chi connectivity index (χ0v) is 13.4. The van der Waals surface area contributed by atoms with Crippen molar-refractivity contribution < 1.29 is 0 Å². The van der Waals surface area contributed by atoms with Gasteiger partial charge in [0.25, 0.3) is 0 Å². The van der Waals surface area contributed by atoms with Crippen LogP contribution in [0.2, 0.25) is 4.47 Å². The average Bonchev–Trinajstić information content (AvgIpc) is 2.90. The molecule has 0 bridgehead atoms. The van der Waals surface area contributed by atoms with Crippen LogP contribution < -0.4 is 10.2 Å². The smallest absolute Gasteiger partial charge is 0.183 e. The van der Waals surface area contributed by atoms with Crippen LogP contribution in [0.3, 0.4) is 0 Å². The molecule has 0 saturated carbocycles. The van der Waals surface area contributed by atoms with Gasteiger partial charge in [-0.3, -0.25) is 4.98 Å². The Balaban J connectivity index is 1.94. The predicted octanol–water partition coefficient (Wildman–Crippen LogP) is 4.02. The molecule has 0 spiro atoms. The second kappa shape index (κ2) is 5.87. The minimum atomic E-state index is 0.571. The first-order chi connectivity index (χ1) is 10.1. The third-order valence-electron chi connectivity index (χ3n) is 3.21. The molecule has 0 amide bonds. The van der Waals surface area contributed by atoms with E-state index in [4.69, 9.17) is 11.6 Å². The molecule has 4 nitrogen and oxygen atoms in total. The monoisotopic (exact) mass is 318 g/mol. The van der Waals surface area contributed by atoms with E-state index in [9.17, 15) is 0 Å². The number of benzene rings is 1. The van der Waals surface area contributed by atoms with Gasteiger partial charge in [-0.05, 0) is 24.3 Å². The fraction of sp³-hybridized carbons (Fsp3) is 0.200. The number of nitrogens with zero attached hydrogens (tertiary/aromatic N) is 3. The van der Waals surface area contributed by atoms with Gasteiger partial charge in [0, 0.05) is 42.4 Å². The predicted molar refractivity (Wildman–Crippen MR) is 90.5 cm³/mol. The van der Waals surface area contributed by atoms with Crippen LogP contribution in [0.5, 0.6) is 0 Å². The Bertz CT molecular complexity index is 769. The van der Waals surface area contributed by atoms with Crippen molar-refractivity contribution in [1.29, 1.82) is 0 Å². The number of pyridine rings is 1. The number of thiazole rings is 1. The van der Waals surface area contributed by atoms with E-state index in [0.29, 0.717) is 11.0 Å². The zero-order valence-electron chi connectivity index (χ0n) is 11.8. The molecule has 6 heteroatoms. The molecule has 21 heavy (non-hydrogen) atoms. The molecule has 1 aromatic carbocycles. The van der Waals surface area contributed by atoms with Crippen molar-refractivity contribution in [2.75, 3.05) is 24.3 Å². The summed E-state index contributed by atoms with van der Waals surface area (Å²) in [5, 5.41) is 4.55. The minimum absolute atomic E-state index is 0.571. The SMILES string of the molecule is CN(C)c1ccc(NCc2cnc(Cl)s2)c2cccnc12. The molecule has 0 fully saturated rings. The van der Waals surface area contributed by atoms with E-state index >= 15 is 0 Å². The van der Waals surface area contributed by atoms with Crippen molar-refractivity contribution >= 4 is 45.2 Å². The highest BCUT2D eigenvalue weighted by molar-refractivity contribution is 7.15. The van der Waals surface area contributed by atoms with Crippen molar-refractivity contribution in [3.05, 3.63) is 46.0 Å². The number of rotatable bonds is 4. The molecule has 0 saturated heterocycles. The Labute approximate surface area is 132 Å². The van der Waals surface area contributed by atoms with Crippen LogP contribution in [0.25, 0.3) is 10.9 Å². The van der Waals surface area contributed by atoms with Crippen LogP contribution in [0, 0.1) is 0 Å². The van der Waals surface area contributed by atoms with Gasteiger partial charge in [-0.1, -0.05) is 11.6 Å². The molecule has 2 heterocycles. The molecule has 0 radical (unpaired) electrons. The normalized spacial score (nSPS) is 10.8. The Morgan fingerprint density at radius 2 is 2.10 bits per heavy atom. The van der Waals surface area contributed by atoms with Crippen LogP contribution in [0.15, 0.2) is 36.7 Å². The first-order valence-electron chi connectivity index (χ1n) is 6.54.